The first-order valence-corrected chi connectivity index (χ1v) is 12.9. The van der Waals surface area contributed by atoms with Gasteiger partial charge in [0.1, 0.15) is 6.04 Å². The van der Waals surface area contributed by atoms with Gasteiger partial charge in [0.25, 0.3) is 5.91 Å². The maximum Gasteiger partial charge on any atom is 0.325 e. The molecule has 35 heavy (non-hydrogen) atoms. The molecule has 0 bridgehead atoms. The van der Waals surface area contributed by atoms with E-state index in [1.54, 1.807) is 24.3 Å². The Kier molecular flexibility index (Phi) is 6.84. The highest BCUT2D eigenvalue weighted by atomic mass is 16.2. The third-order valence-electron chi connectivity index (χ3n) is 7.94. The van der Waals surface area contributed by atoms with Crippen LogP contribution in [0.4, 0.5) is 10.5 Å². The van der Waals surface area contributed by atoms with Crippen LogP contribution in [0.3, 0.4) is 0 Å². The van der Waals surface area contributed by atoms with Gasteiger partial charge in [-0.15, -0.1) is 0 Å². The lowest BCUT2D eigenvalue weighted by molar-refractivity contribution is -0.156. The summed E-state index contributed by atoms with van der Waals surface area (Å²) in [5.74, 6) is -0.142. The molecular weight excluding hydrogens is 440 g/mol. The molecule has 1 saturated heterocycles. The number of carbonyl (C=O) groups is 3. The number of rotatable bonds is 7. The van der Waals surface area contributed by atoms with Gasteiger partial charge in [0, 0.05) is 31.2 Å². The van der Waals surface area contributed by atoms with E-state index < -0.39 is 18.0 Å². The number of nitrogens with zero attached hydrogens (tertiary/aromatic N) is 3. The summed E-state index contributed by atoms with van der Waals surface area (Å²) in [6.07, 6.45) is 11.9. The molecule has 2 aliphatic carbocycles. The fraction of sp³-hybridized carbons (Fsp3) is 0.500. The number of pyridine rings is 1. The minimum Gasteiger partial charge on any atom is -0.334 e. The molecule has 0 spiro atoms. The Labute approximate surface area is 206 Å². The van der Waals surface area contributed by atoms with E-state index in [4.69, 9.17) is 0 Å². The minimum atomic E-state index is -0.827. The zero-order chi connectivity index (χ0) is 24.4. The summed E-state index contributed by atoms with van der Waals surface area (Å²) in [6, 6.07) is 11.9. The van der Waals surface area contributed by atoms with Crippen molar-refractivity contribution >= 4 is 23.5 Å². The number of hydrogen-bond acceptors (Lipinski definition) is 4. The summed E-state index contributed by atoms with van der Waals surface area (Å²) in [7, 11) is 1.70. The molecular formula is C28H34N4O3. The van der Waals surface area contributed by atoms with Gasteiger partial charge in [-0.3, -0.25) is 19.5 Å². The first-order valence-electron chi connectivity index (χ1n) is 12.9. The van der Waals surface area contributed by atoms with E-state index in [0.717, 1.165) is 36.9 Å². The normalized spacial score (nSPS) is 23.3. The monoisotopic (exact) mass is 474 g/mol. The number of carbonyl (C=O) groups excluding carboxylic acids is 3. The number of likely N-dealkylation sites (N-methyl/N-ethyl adjacent to an activating group) is 1. The van der Waals surface area contributed by atoms with Crippen molar-refractivity contribution in [2.75, 3.05) is 11.9 Å². The molecule has 0 radical (unpaired) electrons. The number of para-hydroxylation sites is 1. The molecule has 7 nitrogen and oxygen atoms in total. The number of urea groups is 1. The summed E-state index contributed by atoms with van der Waals surface area (Å²) < 4.78 is 0. The molecule has 1 N–H and O–H groups in total. The zero-order valence-electron chi connectivity index (χ0n) is 20.3. The first kappa shape index (κ1) is 23.5. The van der Waals surface area contributed by atoms with Crippen LogP contribution in [0.2, 0.25) is 0 Å². The number of imide groups is 1. The molecule has 4 amide bonds. The van der Waals surface area contributed by atoms with Crippen LogP contribution in [0, 0.1) is 17.8 Å². The number of nitrogens with one attached hydrogen (secondary N) is 1. The number of likely N-dealkylation sites (tertiary alicyclic amines) is 1. The van der Waals surface area contributed by atoms with E-state index in [1.165, 1.54) is 24.2 Å². The van der Waals surface area contributed by atoms with Gasteiger partial charge in [-0.1, -0.05) is 37.5 Å². The summed E-state index contributed by atoms with van der Waals surface area (Å²) in [6.45, 7) is 0. The number of hydrogen-bond donors (Lipinski definition) is 1. The smallest absolute Gasteiger partial charge is 0.325 e. The van der Waals surface area contributed by atoms with Gasteiger partial charge < -0.3 is 10.2 Å². The zero-order valence-corrected chi connectivity index (χ0v) is 20.3. The third kappa shape index (κ3) is 4.95. The predicted molar refractivity (Wildman–Crippen MR) is 134 cm³/mol. The Morgan fingerprint density at radius 1 is 1.00 bits per heavy atom. The van der Waals surface area contributed by atoms with E-state index in [1.807, 2.05) is 42.5 Å². The molecule has 184 valence electrons. The lowest BCUT2D eigenvalue weighted by Gasteiger charge is -2.46. The molecule has 3 atom stereocenters. The third-order valence-corrected chi connectivity index (χ3v) is 7.94. The lowest BCUT2D eigenvalue weighted by atomic mass is 9.81. The Bertz CT molecular complexity index is 1050. The fourth-order valence-electron chi connectivity index (χ4n) is 5.79. The largest absolute Gasteiger partial charge is 0.334 e. The SMILES string of the molecule is CN(C(=O)[C@@H]1[C@@H](Cc2ccncc2)C(=O)N1C(=O)NC(C1CCCCC1)C1CC1)c1ccccc1. The summed E-state index contributed by atoms with van der Waals surface area (Å²) in [5, 5.41) is 3.21. The van der Waals surface area contributed by atoms with Gasteiger partial charge in [-0.05, 0) is 73.8 Å². The van der Waals surface area contributed by atoms with Crippen molar-refractivity contribution in [2.45, 2.75) is 63.5 Å². The Morgan fingerprint density at radius 3 is 2.31 bits per heavy atom. The predicted octanol–water partition coefficient (Wildman–Crippen LogP) is 4.18. The van der Waals surface area contributed by atoms with Crippen molar-refractivity contribution in [1.29, 1.82) is 0 Å². The lowest BCUT2D eigenvalue weighted by Crippen LogP contribution is -2.71. The van der Waals surface area contributed by atoms with Crippen LogP contribution in [-0.4, -0.2) is 46.9 Å². The van der Waals surface area contributed by atoms with Crippen molar-refractivity contribution in [3.63, 3.8) is 0 Å². The molecule has 3 aliphatic rings. The Balaban J connectivity index is 1.36. The molecule has 5 rings (SSSR count). The Hall–Kier alpha value is -3.22. The molecule has 1 aromatic heterocycles. The van der Waals surface area contributed by atoms with E-state index in [2.05, 4.69) is 10.3 Å². The van der Waals surface area contributed by atoms with Crippen LogP contribution < -0.4 is 10.2 Å². The highest BCUT2D eigenvalue weighted by molar-refractivity contribution is 6.12. The highest BCUT2D eigenvalue weighted by Gasteiger charge is 2.56. The fourth-order valence-corrected chi connectivity index (χ4v) is 5.79. The average Bonchev–Trinajstić information content (AvgIpc) is 3.75. The minimum absolute atomic E-state index is 0.0949. The van der Waals surface area contributed by atoms with Crippen molar-refractivity contribution in [2.24, 2.45) is 17.8 Å². The number of aromatic nitrogens is 1. The molecule has 1 unspecified atom stereocenters. The second-order valence-electron chi connectivity index (χ2n) is 10.3. The van der Waals surface area contributed by atoms with Crippen molar-refractivity contribution in [1.82, 2.24) is 15.2 Å². The summed E-state index contributed by atoms with van der Waals surface area (Å²) in [5.41, 5.74) is 1.66. The molecule has 1 aromatic carbocycles. The van der Waals surface area contributed by atoms with Crippen LogP contribution in [0.25, 0.3) is 0 Å². The van der Waals surface area contributed by atoms with E-state index in [-0.39, 0.29) is 17.9 Å². The van der Waals surface area contributed by atoms with Crippen molar-refractivity contribution < 1.29 is 14.4 Å². The molecule has 2 saturated carbocycles. The molecule has 2 heterocycles. The molecule has 3 fully saturated rings. The van der Waals surface area contributed by atoms with Gasteiger partial charge in [-0.25, -0.2) is 4.79 Å². The molecule has 7 heteroatoms. The van der Waals surface area contributed by atoms with Gasteiger partial charge in [0.2, 0.25) is 5.91 Å². The second-order valence-corrected chi connectivity index (χ2v) is 10.3. The van der Waals surface area contributed by atoms with Crippen LogP contribution >= 0.6 is 0 Å². The number of amides is 4. The Morgan fingerprint density at radius 2 is 1.66 bits per heavy atom. The quantitative estimate of drug-likeness (QED) is 0.610. The van der Waals surface area contributed by atoms with E-state index in [9.17, 15) is 14.4 Å². The second kappa shape index (κ2) is 10.2. The van der Waals surface area contributed by atoms with Crippen LogP contribution in [0.1, 0.15) is 50.5 Å². The van der Waals surface area contributed by atoms with Gasteiger partial charge in [0.05, 0.1) is 5.92 Å². The van der Waals surface area contributed by atoms with E-state index in [0.29, 0.717) is 18.3 Å². The van der Waals surface area contributed by atoms with Crippen molar-refractivity contribution in [3.8, 4) is 0 Å². The van der Waals surface area contributed by atoms with Crippen LogP contribution in [0.15, 0.2) is 54.9 Å². The number of anilines is 1. The van der Waals surface area contributed by atoms with Gasteiger partial charge in [0.15, 0.2) is 0 Å². The maximum absolute atomic E-state index is 13.7. The maximum atomic E-state index is 13.7. The molecule has 2 aromatic rings. The first-order chi connectivity index (χ1) is 17.0. The van der Waals surface area contributed by atoms with Gasteiger partial charge >= 0.3 is 6.03 Å². The topological polar surface area (TPSA) is 82.6 Å². The number of benzene rings is 1. The standard InChI is InChI=1S/C28H34N4O3/c1-31(22-10-6-3-7-11-22)27(34)25-23(18-19-14-16-29-17-15-19)26(33)32(25)28(35)30-24(21-12-13-21)20-8-4-2-5-9-20/h3,6-7,10-11,14-17,20-21,23-25H,2,4-5,8-9,12-13,18H2,1H3,(H,30,35)/t23-,24?,25+/m1/s1. The van der Waals surface area contributed by atoms with Crippen molar-refractivity contribution in [3.05, 3.63) is 60.4 Å². The highest BCUT2D eigenvalue weighted by Crippen LogP contribution is 2.41. The van der Waals surface area contributed by atoms with Crippen LogP contribution in [-0.2, 0) is 16.0 Å². The van der Waals surface area contributed by atoms with Gasteiger partial charge in [-0.2, -0.15) is 0 Å². The summed E-state index contributed by atoms with van der Waals surface area (Å²) >= 11 is 0. The van der Waals surface area contributed by atoms with E-state index >= 15 is 0 Å². The van der Waals surface area contributed by atoms with Crippen LogP contribution in [0.5, 0.6) is 0 Å². The summed E-state index contributed by atoms with van der Waals surface area (Å²) in [4.78, 5) is 47.3. The molecule has 1 aliphatic heterocycles. The average molecular weight is 475 g/mol. The number of β-lactam (4-membered cyclic amide) rings is 1.